The van der Waals surface area contributed by atoms with E-state index in [1.54, 1.807) is 24.3 Å². The Hall–Kier alpha value is -1.25. The van der Waals surface area contributed by atoms with E-state index in [9.17, 15) is 8.76 Å². The molecule has 0 radical (unpaired) electrons. The molecule has 1 unspecified atom stereocenters. The van der Waals surface area contributed by atoms with Gasteiger partial charge in [0.05, 0.1) is 6.20 Å². The van der Waals surface area contributed by atoms with Crippen LogP contribution in [0.1, 0.15) is 5.56 Å². The first-order valence-corrected chi connectivity index (χ1v) is 7.25. The van der Waals surface area contributed by atoms with Crippen molar-refractivity contribution in [3.8, 4) is 0 Å². The highest BCUT2D eigenvalue weighted by Gasteiger charge is 2.07. The molecule has 2 N–H and O–H groups in total. The summed E-state index contributed by atoms with van der Waals surface area (Å²) < 4.78 is 23.4. The minimum atomic E-state index is -2.33. The van der Waals surface area contributed by atoms with Crippen molar-refractivity contribution in [2.45, 2.75) is 6.54 Å². The molecule has 20 heavy (non-hydrogen) atoms. The molecule has 1 aromatic heterocycles. The Morgan fingerprint density at radius 3 is 2.80 bits per heavy atom. The predicted molar refractivity (Wildman–Crippen MR) is 77.5 cm³/mol. The number of para-hydroxylation sites is 1. The third-order valence-electron chi connectivity index (χ3n) is 2.37. The summed E-state index contributed by atoms with van der Waals surface area (Å²) in [5.74, 6) is 0.349. The van der Waals surface area contributed by atoms with E-state index >= 15 is 0 Å². The van der Waals surface area contributed by atoms with Gasteiger partial charge in [-0.05, 0) is 23.2 Å². The summed E-state index contributed by atoms with van der Waals surface area (Å²) in [6.07, 6.45) is 1.38. The van der Waals surface area contributed by atoms with E-state index in [4.69, 9.17) is 23.2 Å². The number of rotatable bonds is 5. The van der Waals surface area contributed by atoms with Gasteiger partial charge >= 0.3 is 0 Å². The number of hydrogen-bond acceptors (Lipinski definition) is 5. The van der Waals surface area contributed by atoms with Crippen molar-refractivity contribution >= 4 is 46.0 Å². The van der Waals surface area contributed by atoms with Crippen molar-refractivity contribution in [2.75, 3.05) is 5.32 Å². The number of hydrogen-bond donors (Lipinski definition) is 2. The van der Waals surface area contributed by atoms with Crippen molar-refractivity contribution in [1.82, 2.24) is 14.7 Å². The maximum Gasteiger partial charge on any atom is 0.224 e. The van der Waals surface area contributed by atoms with E-state index in [0.29, 0.717) is 16.5 Å². The van der Waals surface area contributed by atoms with Crippen LogP contribution in [-0.2, 0) is 17.8 Å². The Kier molecular flexibility index (Phi) is 5.27. The van der Waals surface area contributed by atoms with Gasteiger partial charge in [0, 0.05) is 23.5 Å². The molecule has 0 fully saturated rings. The molecule has 6 nitrogen and oxygen atoms in total. The van der Waals surface area contributed by atoms with E-state index in [1.165, 1.54) is 6.20 Å². The second kappa shape index (κ2) is 6.96. The molecule has 2 rings (SSSR count). The molecule has 0 aliphatic rings. The zero-order valence-electron chi connectivity index (χ0n) is 9.97. The highest BCUT2D eigenvalue weighted by atomic mass is 35.5. The van der Waals surface area contributed by atoms with Crippen LogP contribution in [0.2, 0.25) is 10.3 Å². The lowest BCUT2D eigenvalue weighted by Gasteiger charge is -2.13. The molecule has 9 heteroatoms. The molecule has 0 saturated carbocycles. The summed E-state index contributed by atoms with van der Waals surface area (Å²) in [4.78, 5) is 7.72. The Bertz CT molecular complexity index is 642. The quantitative estimate of drug-likeness (QED) is 0.648. The molecule has 0 aliphatic carbocycles. The van der Waals surface area contributed by atoms with Crippen molar-refractivity contribution < 1.29 is 8.76 Å². The maximum atomic E-state index is 10.6. The van der Waals surface area contributed by atoms with Crippen molar-refractivity contribution in [3.63, 3.8) is 0 Å². The normalized spacial score (nSPS) is 12.2. The molecule has 0 amide bonds. The molecule has 106 valence electrons. The Morgan fingerprint density at radius 2 is 2.05 bits per heavy atom. The Labute approximate surface area is 128 Å². The van der Waals surface area contributed by atoms with Crippen molar-refractivity contribution in [2.24, 2.45) is 0 Å². The monoisotopic (exact) mass is 331 g/mol. The van der Waals surface area contributed by atoms with Crippen LogP contribution >= 0.6 is 23.2 Å². The molecule has 0 aliphatic heterocycles. The van der Waals surface area contributed by atoms with Crippen LogP contribution in [0.25, 0.3) is 0 Å². The summed E-state index contributed by atoms with van der Waals surface area (Å²) in [7, 11) is 0. The van der Waals surface area contributed by atoms with Gasteiger partial charge in [0.15, 0.2) is 5.82 Å². The molecule has 0 spiro atoms. The van der Waals surface area contributed by atoms with Crippen LogP contribution < -0.4 is 10.0 Å². The van der Waals surface area contributed by atoms with Crippen LogP contribution in [0.4, 0.5) is 11.5 Å². The molecule has 1 aromatic carbocycles. The van der Waals surface area contributed by atoms with Gasteiger partial charge in [0.25, 0.3) is 0 Å². The molecular weight excluding hydrogens is 323 g/mol. The maximum absolute atomic E-state index is 10.6. The standard InChI is InChI=1S/C11H10Cl2N4O2S/c12-8-6-14-11(13)17-10(8)16-9-4-2-1-3-7(9)5-15-20(18)19/h1-4,6,15H,5H2,(H,18,19)(H,14,16,17)/p-1. The third-order valence-corrected chi connectivity index (χ3v) is 3.20. The topological polar surface area (TPSA) is 90.0 Å². The predicted octanol–water partition coefficient (Wildman–Crippen LogP) is 2.41. The van der Waals surface area contributed by atoms with E-state index in [1.807, 2.05) is 0 Å². The van der Waals surface area contributed by atoms with Crippen LogP contribution in [0.3, 0.4) is 0 Å². The molecule has 1 heterocycles. The SMILES string of the molecule is O=S([O-])NCc1ccccc1Nc1nc(Cl)ncc1Cl. The van der Waals surface area contributed by atoms with E-state index in [2.05, 4.69) is 20.0 Å². The Balaban J connectivity index is 2.24. The van der Waals surface area contributed by atoms with Crippen molar-refractivity contribution in [1.29, 1.82) is 0 Å². The number of nitrogens with one attached hydrogen (secondary N) is 2. The van der Waals surface area contributed by atoms with Crippen LogP contribution in [-0.4, -0.2) is 18.7 Å². The van der Waals surface area contributed by atoms with Crippen LogP contribution in [0.15, 0.2) is 30.5 Å². The fourth-order valence-electron chi connectivity index (χ4n) is 1.49. The van der Waals surface area contributed by atoms with E-state index in [0.717, 1.165) is 5.56 Å². The number of aromatic nitrogens is 2. The number of benzene rings is 1. The van der Waals surface area contributed by atoms with Gasteiger partial charge in [0.2, 0.25) is 5.28 Å². The highest BCUT2D eigenvalue weighted by Crippen LogP contribution is 2.25. The van der Waals surface area contributed by atoms with Gasteiger partial charge in [-0.1, -0.05) is 29.8 Å². The number of nitrogens with zero attached hydrogens (tertiary/aromatic N) is 2. The Morgan fingerprint density at radius 1 is 1.30 bits per heavy atom. The average Bonchev–Trinajstić information content (AvgIpc) is 2.42. The van der Waals surface area contributed by atoms with Crippen LogP contribution in [0, 0.1) is 0 Å². The largest absolute Gasteiger partial charge is 0.760 e. The number of anilines is 2. The first-order valence-electron chi connectivity index (χ1n) is 5.42. The lowest BCUT2D eigenvalue weighted by atomic mass is 10.2. The second-order valence-corrected chi connectivity index (χ2v) is 5.18. The summed E-state index contributed by atoms with van der Waals surface area (Å²) in [6, 6.07) is 7.15. The number of halogens is 2. The summed E-state index contributed by atoms with van der Waals surface area (Å²) >= 11 is 9.35. The highest BCUT2D eigenvalue weighted by molar-refractivity contribution is 7.77. The minimum absolute atomic E-state index is 0.0631. The van der Waals surface area contributed by atoms with Crippen molar-refractivity contribution in [3.05, 3.63) is 46.3 Å². The first kappa shape index (κ1) is 15.1. The summed E-state index contributed by atoms with van der Waals surface area (Å²) in [5.41, 5.74) is 1.41. The van der Waals surface area contributed by atoms with E-state index in [-0.39, 0.29) is 11.8 Å². The van der Waals surface area contributed by atoms with Gasteiger partial charge in [-0.3, -0.25) is 4.21 Å². The third kappa shape index (κ3) is 4.12. The fraction of sp³-hybridized carbons (Fsp3) is 0.0909. The minimum Gasteiger partial charge on any atom is -0.760 e. The molecular formula is C11H9Cl2N4O2S-. The molecule has 2 aromatic rings. The lowest BCUT2D eigenvalue weighted by Crippen LogP contribution is -2.16. The summed E-state index contributed by atoms with van der Waals surface area (Å²) in [5, 5.41) is 3.37. The van der Waals surface area contributed by atoms with E-state index < -0.39 is 11.3 Å². The second-order valence-electron chi connectivity index (χ2n) is 3.67. The van der Waals surface area contributed by atoms with Gasteiger partial charge in [-0.15, -0.1) is 0 Å². The summed E-state index contributed by atoms with van der Waals surface area (Å²) in [6.45, 7) is 0.149. The van der Waals surface area contributed by atoms with Gasteiger partial charge < -0.3 is 9.87 Å². The first-order chi connectivity index (χ1) is 9.56. The van der Waals surface area contributed by atoms with Gasteiger partial charge in [-0.25, -0.2) is 9.71 Å². The molecule has 0 saturated heterocycles. The zero-order valence-corrected chi connectivity index (χ0v) is 12.3. The smallest absolute Gasteiger partial charge is 0.224 e. The van der Waals surface area contributed by atoms with Gasteiger partial charge in [-0.2, -0.15) is 4.98 Å². The average molecular weight is 332 g/mol. The van der Waals surface area contributed by atoms with Gasteiger partial charge in [0.1, 0.15) is 5.02 Å². The fourth-order valence-corrected chi connectivity index (χ4v) is 2.04. The molecule has 0 bridgehead atoms. The lowest BCUT2D eigenvalue weighted by molar-refractivity contribution is 0.522. The van der Waals surface area contributed by atoms with Crippen LogP contribution in [0.5, 0.6) is 0 Å². The molecule has 1 atom stereocenters. The zero-order chi connectivity index (χ0) is 14.5.